The van der Waals surface area contributed by atoms with Crippen LogP contribution in [0.15, 0.2) is 0 Å². The highest BCUT2D eigenvalue weighted by Gasteiger charge is 2.02. The number of guanidine groups is 1. The lowest BCUT2D eigenvalue weighted by Crippen LogP contribution is -2.36. The number of nitrogens with two attached hydrogens (primary N) is 1. The van der Waals surface area contributed by atoms with Crippen LogP contribution in [0.3, 0.4) is 0 Å². The van der Waals surface area contributed by atoms with Crippen molar-refractivity contribution in [3.8, 4) is 0 Å². The van der Waals surface area contributed by atoms with Gasteiger partial charge in [0.15, 0.2) is 0 Å². The average Bonchev–Trinajstić information content (AvgIpc) is 1.97. The first kappa shape index (κ1) is 10.2. The SMILES string of the molecule is CCCCCN(OC)C(=N)N. The second-order valence-corrected chi connectivity index (χ2v) is 2.38. The normalized spacial score (nSPS) is 9.64. The van der Waals surface area contributed by atoms with Gasteiger partial charge in [0.2, 0.25) is 5.96 Å². The van der Waals surface area contributed by atoms with Gasteiger partial charge in [-0.15, -0.1) is 0 Å². The maximum Gasteiger partial charge on any atom is 0.212 e. The molecule has 0 saturated heterocycles. The Morgan fingerprint density at radius 1 is 1.55 bits per heavy atom. The van der Waals surface area contributed by atoms with E-state index in [1.165, 1.54) is 12.2 Å². The summed E-state index contributed by atoms with van der Waals surface area (Å²) in [5, 5.41) is 8.45. The van der Waals surface area contributed by atoms with E-state index >= 15 is 0 Å². The van der Waals surface area contributed by atoms with E-state index in [1.807, 2.05) is 0 Å². The van der Waals surface area contributed by atoms with Crippen molar-refractivity contribution in [2.24, 2.45) is 5.73 Å². The molecule has 0 amide bonds. The minimum absolute atomic E-state index is 0.0244. The molecule has 0 aliphatic rings. The molecule has 0 aromatic rings. The average molecular weight is 159 g/mol. The van der Waals surface area contributed by atoms with Crippen LogP contribution in [-0.4, -0.2) is 24.7 Å². The van der Waals surface area contributed by atoms with Crippen molar-refractivity contribution in [1.82, 2.24) is 5.06 Å². The summed E-state index contributed by atoms with van der Waals surface area (Å²) in [6, 6.07) is 0. The van der Waals surface area contributed by atoms with E-state index < -0.39 is 0 Å². The molecule has 4 heteroatoms. The van der Waals surface area contributed by atoms with Crippen LogP contribution in [0.5, 0.6) is 0 Å². The molecule has 0 unspecified atom stereocenters. The Balaban J connectivity index is 3.44. The zero-order valence-electron chi connectivity index (χ0n) is 7.26. The Morgan fingerprint density at radius 2 is 2.18 bits per heavy atom. The molecule has 0 rings (SSSR count). The fourth-order valence-electron chi connectivity index (χ4n) is 0.815. The van der Waals surface area contributed by atoms with E-state index in [9.17, 15) is 0 Å². The third-order valence-electron chi connectivity index (χ3n) is 1.45. The molecule has 66 valence electrons. The van der Waals surface area contributed by atoms with E-state index in [4.69, 9.17) is 16.0 Å². The smallest absolute Gasteiger partial charge is 0.212 e. The number of nitrogens with one attached hydrogen (secondary N) is 1. The standard InChI is InChI=1S/C7H17N3O/c1-3-4-5-6-10(11-2)7(8)9/h3-6H2,1-2H3,(H3,8,9). The number of rotatable bonds is 5. The predicted octanol–water partition coefficient (Wildman–Crippen LogP) is 0.933. The van der Waals surface area contributed by atoms with Crippen molar-refractivity contribution < 1.29 is 4.84 Å². The Bertz CT molecular complexity index is 116. The molecule has 0 saturated carbocycles. The van der Waals surface area contributed by atoms with Crippen molar-refractivity contribution in [1.29, 1.82) is 5.41 Å². The zero-order valence-corrected chi connectivity index (χ0v) is 7.26. The van der Waals surface area contributed by atoms with Crippen molar-refractivity contribution >= 4 is 5.96 Å². The summed E-state index contributed by atoms with van der Waals surface area (Å²) < 4.78 is 0. The number of hydroxylamine groups is 2. The van der Waals surface area contributed by atoms with E-state index in [1.54, 1.807) is 0 Å². The molecule has 0 fully saturated rings. The molecule has 4 nitrogen and oxygen atoms in total. The van der Waals surface area contributed by atoms with Crippen LogP contribution >= 0.6 is 0 Å². The molecule has 0 aromatic heterocycles. The minimum Gasteiger partial charge on any atom is -0.368 e. The largest absolute Gasteiger partial charge is 0.368 e. The van der Waals surface area contributed by atoms with Crippen LogP contribution in [-0.2, 0) is 4.84 Å². The molecule has 0 aliphatic carbocycles. The lowest BCUT2D eigenvalue weighted by atomic mass is 10.2. The maximum absolute atomic E-state index is 7.07. The molecule has 0 aromatic carbocycles. The Labute approximate surface area is 67.8 Å². The van der Waals surface area contributed by atoms with Crippen LogP contribution in [0.2, 0.25) is 0 Å². The van der Waals surface area contributed by atoms with E-state index in [0.29, 0.717) is 6.54 Å². The van der Waals surface area contributed by atoms with Gasteiger partial charge in [0, 0.05) is 6.54 Å². The second-order valence-electron chi connectivity index (χ2n) is 2.38. The minimum atomic E-state index is -0.0244. The molecule has 0 heterocycles. The number of hydrogen-bond donors (Lipinski definition) is 2. The number of unbranched alkanes of at least 4 members (excludes halogenated alkanes) is 2. The van der Waals surface area contributed by atoms with Crippen molar-refractivity contribution in [2.75, 3.05) is 13.7 Å². The zero-order chi connectivity index (χ0) is 8.69. The van der Waals surface area contributed by atoms with Gasteiger partial charge in [-0.1, -0.05) is 19.8 Å². The quantitative estimate of drug-likeness (QED) is 0.271. The lowest BCUT2D eigenvalue weighted by molar-refractivity contribution is -0.0675. The molecule has 0 bridgehead atoms. The fraction of sp³-hybridized carbons (Fsp3) is 0.857. The summed E-state index contributed by atoms with van der Waals surface area (Å²) in [4.78, 5) is 4.84. The molecular formula is C7H17N3O. The molecule has 3 N–H and O–H groups in total. The van der Waals surface area contributed by atoms with Crippen LogP contribution in [0, 0.1) is 5.41 Å². The van der Waals surface area contributed by atoms with Crippen LogP contribution in [0.1, 0.15) is 26.2 Å². The van der Waals surface area contributed by atoms with Crippen molar-refractivity contribution in [3.05, 3.63) is 0 Å². The highest BCUT2D eigenvalue weighted by atomic mass is 16.7. The van der Waals surface area contributed by atoms with E-state index in [2.05, 4.69) is 6.92 Å². The van der Waals surface area contributed by atoms with Gasteiger partial charge in [-0.3, -0.25) is 10.2 Å². The Hall–Kier alpha value is -0.770. The molecule has 11 heavy (non-hydrogen) atoms. The van der Waals surface area contributed by atoms with Gasteiger partial charge >= 0.3 is 0 Å². The summed E-state index contributed by atoms with van der Waals surface area (Å²) in [6.45, 7) is 2.84. The van der Waals surface area contributed by atoms with Crippen molar-refractivity contribution in [3.63, 3.8) is 0 Å². The summed E-state index contributed by atoms with van der Waals surface area (Å²) in [5.41, 5.74) is 5.21. The van der Waals surface area contributed by atoms with Gasteiger partial charge in [0.1, 0.15) is 0 Å². The van der Waals surface area contributed by atoms with Gasteiger partial charge in [0.25, 0.3) is 0 Å². The highest BCUT2D eigenvalue weighted by molar-refractivity contribution is 5.73. The first-order valence-electron chi connectivity index (χ1n) is 3.88. The maximum atomic E-state index is 7.07. The van der Waals surface area contributed by atoms with Crippen LogP contribution in [0.25, 0.3) is 0 Å². The number of nitrogens with zero attached hydrogens (tertiary/aromatic N) is 1. The van der Waals surface area contributed by atoms with Crippen LogP contribution < -0.4 is 5.73 Å². The summed E-state index contributed by atoms with van der Waals surface area (Å²) in [6.07, 6.45) is 3.33. The highest BCUT2D eigenvalue weighted by Crippen LogP contribution is 1.97. The van der Waals surface area contributed by atoms with E-state index in [0.717, 1.165) is 19.3 Å². The molecular weight excluding hydrogens is 142 g/mol. The first-order chi connectivity index (χ1) is 5.22. The van der Waals surface area contributed by atoms with Gasteiger partial charge < -0.3 is 5.73 Å². The summed E-state index contributed by atoms with van der Waals surface area (Å²) in [5.74, 6) is -0.0244. The van der Waals surface area contributed by atoms with Gasteiger partial charge in [-0.05, 0) is 6.42 Å². The van der Waals surface area contributed by atoms with Crippen LogP contribution in [0.4, 0.5) is 0 Å². The molecule has 0 aliphatic heterocycles. The summed E-state index contributed by atoms with van der Waals surface area (Å²) >= 11 is 0. The van der Waals surface area contributed by atoms with Gasteiger partial charge in [0.05, 0.1) is 7.11 Å². The number of hydrogen-bond acceptors (Lipinski definition) is 2. The fourth-order valence-corrected chi connectivity index (χ4v) is 0.815. The summed E-state index contributed by atoms with van der Waals surface area (Å²) in [7, 11) is 1.52. The Morgan fingerprint density at radius 3 is 2.55 bits per heavy atom. The predicted molar refractivity (Wildman–Crippen MR) is 45.2 cm³/mol. The third kappa shape index (κ3) is 4.61. The van der Waals surface area contributed by atoms with Crippen molar-refractivity contribution in [2.45, 2.75) is 26.2 Å². The molecule has 0 atom stereocenters. The van der Waals surface area contributed by atoms with Gasteiger partial charge in [-0.2, -0.15) is 0 Å². The van der Waals surface area contributed by atoms with E-state index in [-0.39, 0.29) is 5.96 Å². The first-order valence-corrected chi connectivity index (χ1v) is 3.88. The third-order valence-corrected chi connectivity index (χ3v) is 1.45. The topological polar surface area (TPSA) is 62.3 Å². The van der Waals surface area contributed by atoms with Gasteiger partial charge in [-0.25, -0.2) is 5.06 Å². The monoisotopic (exact) mass is 159 g/mol. The lowest BCUT2D eigenvalue weighted by Gasteiger charge is -2.18. The molecule has 0 spiro atoms. The Kier molecular flexibility index (Phi) is 5.56. The molecule has 0 radical (unpaired) electrons. The second kappa shape index (κ2) is 5.97.